The quantitative estimate of drug-likeness (QED) is 0.391. The number of pyridine rings is 1. The van der Waals surface area contributed by atoms with Crippen LogP contribution in [-0.4, -0.2) is 43.2 Å². The number of amides is 1. The molecule has 0 atom stereocenters. The first kappa shape index (κ1) is 19.6. The van der Waals surface area contributed by atoms with Crippen molar-refractivity contribution in [2.24, 2.45) is 0 Å². The number of nitrogens with zero attached hydrogens (tertiary/aromatic N) is 4. The maximum absolute atomic E-state index is 12.9. The number of fused-ring (bicyclic) bond motifs is 1. The fraction of sp³-hybridized carbons (Fsp3) is 0.273. The van der Waals surface area contributed by atoms with Crippen LogP contribution in [-0.2, 0) is 6.54 Å². The van der Waals surface area contributed by atoms with Gasteiger partial charge < -0.3 is 15.2 Å². The van der Waals surface area contributed by atoms with Gasteiger partial charge in [0.25, 0.3) is 5.91 Å². The molecule has 0 unspecified atom stereocenters. The van der Waals surface area contributed by atoms with Crippen LogP contribution < -0.4 is 10.6 Å². The second-order valence-electron chi connectivity index (χ2n) is 7.47. The van der Waals surface area contributed by atoms with Crippen molar-refractivity contribution in [3.8, 4) is 11.1 Å². The van der Waals surface area contributed by atoms with E-state index in [2.05, 4.69) is 44.6 Å². The van der Waals surface area contributed by atoms with Gasteiger partial charge >= 0.3 is 0 Å². The maximum atomic E-state index is 12.9. The summed E-state index contributed by atoms with van der Waals surface area (Å²) >= 11 is 0. The van der Waals surface area contributed by atoms with Gasteiger partial charge in [-0.05, 0) is 38.0 Å². The molecule has 1 aromatic carbocycles. The zero-order valence-corrected chi connectivity index (χ0v) is 17.1. The normalized spacial score (nSPS) is 11.2. The number of benzene rings is 1. The van der Waals surface area contributed by atoms with Gasteiger partial charge in [0.05, 0.1) is 29.3 Å². The molecule has 0 radical (unpaired) electrons. The van der Waals surface area contributed by atoms with Crippen molar-refractivity contribution in [3.63, 3.8) is 0 Å². The van der Waals surface area contributed by atoms with E-state index in [1.54, 1.807) is 24.9 Å². The third-order valence-electron chi connectivity index (χ3n) is 4.81. The number of aromatic nitrogens is 5. The Hall–Kier alpha value is -3.68. The zero-order valence-electron chi connectivity index (χ0n) is 17.1. The average Bonchev–Trinajstić information content (AvgIpc) is 3.45. The molecule has 8 nitrogen and oxygen atoms in total. The molecule has 3 N–H and O–H groups in total. The van der Waals surface area contributed by atoms with Gasteiger partial charge in [0.2, 0.25) is 0 Å². The average molecular weight is 403 g/mol. The van der Waals surface area contributed by atoms with Crippen LogP contribution in [0.1, 0.15) is 30.6 Å². The smallest absolute Gasteiger partial charge is 0.254 e. The Morgan fingerprint density at radius 2 is 2.13 bits per heavy atom. The standard InChI is InChI=1S/C22H25N7O/c1-15(2)28-21-18-10-16(17-11-26-27-12-17)4-5-20(18)25-13-19(21)22(30)24-6-3-8-29-9-7-23-14-29/h4-5,7,9-15H,3,6,8H2,1-2H3,(H,24,30)(H,25,28)(H,26,27). The molecule has 0 fully saturated rings. The number of nitrogens with one attached hydrogen (secondary N) is 3. The summed E-state index contributed by atoms with van der Waals surface area (Å²) in [5, 5.41) is 14.2. The predicted octanol–water partition coefficient (Wildman–Crippen LogP) is 3.46. The second kappa shape index (κ2) is 8.77. The van der Waals surface area contributed by atoms with Crippen LogP contribution in [0.25, 0.3) is 22.0 Å². The minimum absolute atomic E-state index is 0.133. The van der Waals surface area contributed by atoms with Crippen LogP contribution in [0.4, 0.5) is 5.69 Å². The highest BCUT2D eigenvalue weighted by atomic mass is 16.1. The van der Waals surface area contributed by atoms with E-state index in [0.717, 1.165) is 40.7 Å². The van der Waals surface area contributed by atoms with Crippen molar-refractivity contribution in [1.29, 1.82) is 0 Å². The second-order valence-corrected chi connectivity index (χ2v) is 7.47. The topological polar surface area (TPSA) is 101 Å². The minimum Gasteiger partial charge on any atom is -0.382 e. The Balaban J connectivity index is 1.59. The number of hydrogen-bond acceptors (Lipinski definition) is 5. The van der Waals surface area contributed by atoms with Gasteiger partial charge in [0.1, 0.15) is 0 Å². The van der Waals surface area contributed by atoms with E-state index in [0.29, 0.717) is 12.1 Å². The first-order valence-electron chi connectivity index (χ1n) is 10.0. The van der Waals surface area contributed by atoms with Crippen molar-refractivity contribution < 1.29 is 4.79 Å². The summed E-state index contributed by atoms with van der Waals surface area (Å²) in [6.45, 7) is 5.49. The fourth-order valence-corrected chi connectivity index (χ4v) is 3.38. The van der Waals surface area contributed by atoms with Crippen molar-refractivity contribution in [2.75, 3.05) is 11.9 Å². The molecule has 0 aliphatic carbocycles. The predicted molar refractivity (Wildman–Crippen MR) is 117 cm³/mol. The van der Waals surface area contributed by atoms with Crippen molar-refractivity contribution in [3.05, 3.63) is 61.1 Å². The largest absolute Gasteiger partial charge is 0.382 e. The summed E-state index contributed by atoms with van der Waals surface area (Å²) in [5.74, 6) is -0.133. The maximum Gasteiger partial charge on any atom is 0.254 e. The van der Waals surface area contributed by atoms with Gasteiger partial charge in [-0.15, -0.1) is 0 Å². The van der Waals surface area contributed by atoms with Crippen molar-refractivity contribution in [2.45, 2.75) is 32.9 Å². The lowest BCUT2D eigenvalue weighted by atomic mass is 10.0. The van der Waals surface area contributed by atoms with Crippen LogP contribution >= 0.6 is 0 Å². The molecule has 3 heterocycles. The Bertz CT molecular complexity index is 1120. The molecule has 0 saturated carbocycles. The molecule has 0 aliphatic heterocycles. The van der Waals surface area contributed by atoms with Crippen LogP contribution in [0.3, 0.4) is 0 Å². The Kier molecular flexibility index (Phi) is 5.74. The summed E-state index contributed by atoms with van der Waals surface area (Å²) in [7, 11) is 0. The molecule has 0 bridgehead atoms. The lowest BCUT2D eigenvalue weighted by molar-refractivity contribution is 0.0953. The molecule has 4 aromatic rings. The van der Waals surface area contributed by atoms with Crippen LogP contribution in [0.2, 0.25) is 0 Å². The van der Waals surface area contributed by atoms with Crippen molar-refractivity contribution >= 4 is 22.5 Å². The van der Waals surface area contributed by atoms with E-state index in [1.165, 1.54) is 0 Å². The number of hydrogen-bond donors (Lipinski definition) is 3. The SMILES string of the molecule is CC(C)Nc1c(C(=O)NCCCn2ccnc2)cnc2ccc(-c3cn[nH]c3)cc12. The molecule has 0 spiro atoms. The molecule has 4 rings (SSSR count). The number of carbonyl (C=O) groups is 1. The lowest BCUT2D eigenvalue weighted by Crippen LogP contribution is -2.27. The molecular formula is C22H25N7O. The van der Waals surface area contributed by atoms with E-state index in [-0.39, 0.29) is 11.9 Å². The Labute approximate surface area is 174 Å². The third-order valence-corrected chi connectivity index (χ3v) is 4.81. The number of rotatable bonds is 8. The monoisotopic (exact) mass is 403 g/mol. The van der Waals surface area contributed by atoms with Gasteiger partial charge in [-0.25, -0.2) is 4.98 Å². The van der Waals surface area contributed by atoms with Crippen molar-refractivity contribution in [1.82, 2.24) is 30.0 Å². The minimum atomic E-state index is -0.133. The van der Waals surface area contributed by atoms with E-state index in [4.69, 9.17) is 0 Å². The molecule has 1 amide bonds. The van der Waals surface area contributed by atoms with Crippen LogP contribution in [0.15, 0.2) is 55.5 Å². The molecule has 8 heteroatoms. The van der Waals surface area contributed by atoms with Gasteiger partial charge in [-0.3, -0.25) is 14.9 Å². The summed E-state index contributed by atoms with van der Waals surface area (Å²) in [4.78, 5) is 21.5. The summed E-state index contributed by atoms with van der Waals surface area (Å²) in [5.41, 5.74) is 4.18. The number of anilines is 1. The van der Waals surface area contributed by atoms with Crippen LogP contribution in [0, 0.1) is 0 Å². The summed E-state index contributed by atoms with van der Waals surface area (Å²) < 4.78 is 1.99. The molecule has 30 heavy (non-hydrogen) atoms. The summed E-state index contributed by atoms with van der Waals surface area (Å²) in [6, 6.07) is 6.19. The molecule has 154 valence electrons. The van der Waals surface area contributed by atoms with E-state index >= 15 is 0 Å². The number of aryl methyl sites for hydroxylation is 1. The highest BCUT2D eigenvalue weighted by molar-refractivity contribution is 6.07. The molecule has 0 saturated heterocycles. The van der Waals surface area contributed by atoms with Gasteiger partial charge in [0.15, 0.2) is 0 Å². The number of imidazole rings is 1. The Morgan fingerprint density at radius 1 is 1.23 bits per heavy atom. The van der Waals surface area contributed by atoms with Gasteiger partial charge in [-0.2, -0.15) is 5.10 Å². The van der Waals surface area contributed by atoms with E-state index in [9.17, 15) is 4.79 Å². The van der Waals surface area contributed by atoms with Gasteiger partial charge in [-0.1, -0.05) is 6.07 Å². The van der Waals surface area contributed by atoms with E-state index in [1.807, 2.05) is 35.2 Å². The Morgan fingerprint density at radius 3 is 2.87 bits per heavy atom. The highest BCUT2D eigenvalue weighted by Gasteiger charge is 2.17. The molecule has 0 aliphatic rings. The van der Waals surface area contributed by atoms with E-state index < -0.39 is 0 Å². The third kappa shape index (κ3) is 4.32. The first-order valence-corrected chi connectivity index (χ1v) is 10.0. The molecular weight excluding hydrogens is 378 g/mol. The van der Waals surface area contributed by atoms with Crippen LogP contribution in [0.5, 0.6) is 0 Å². The highest BCUT2D eigenvalue weighted by Crippen LogP contribution is 2.30. The number of H-pyrrole nitrogens is 1. The van der Waals surface area contributed by atoms with Gasteiger partial charge in [0, 0.05) is 54.9 Å². The lowest BCUT2D eigenvalue weighted by Gasteiger charge is -2.17. The molecule has 3 aromatic heterocycles. The fourth-order valence-electron chi connectivity index (χ4n) is 3.38. The zero-order chi connectivity index (χ0) is 20.9. The number of aromatic amines is 1. The number of carbonyl (C=O) groups excluding carboxylic acids is 1. The first-order chi connectivity index (χ1) is 14.6. The summed E-state index contributed by atoms with van der Waals surface area (Å²) in [6.07, 6.45) is 11.5.